The molecule has 0 saturated carbocycles. The Balaban J connectivity index is 1.36. The fourth-order valence-corrected chi connectivity index (χ4v) is 5.19. The molecule has 0 radical (unpaired) electrons. The molecule has 164 valence electrons. The summed E-state index contributed by atoms with van der Waals surface area (Å²) in [6.45, 7) is 1.82. The maximum atomic E-state index is 13.1. The Bertz CT molecular complexity index is 1170. The van der Waals surface area contributed by atoms with Gasteiger partial charge in [-0.05, 0) is 42.8 Å². The van der Waals surface area contributed by atoms with Crippen LogP contribution in [0.2, 0.25) is 5.02 Å². The Hall–Kier alpha value is -2.84. The van der Waals surface area contributed by atoms with Crippen LogP contribution in [0.4, 0.5) is 10.1 Å². The summed E-state index contributed by atoms with van der Waals surface area (Å²) in [6, 6.07) is 9.06. The van der Waals surface area contributed by atoms with Gasteiger partial charge >= 0.3 is 0 Å². The molecule has 32 heavy (non-hydrogen) atoms. The van der Waals surface area contributed by atoms with Crippen molar-refractivity contribution in [3.05, 3.63) is 63.8 Å². The molecule has 1 amide bonds. The predicted octanol–water partition coefficient (Wildman–Crippen LogP) is 4.58. The number of hydrogen-bond acceptors (Lipinski definition) is 6. The van der Waals surface area contributed by atoms with Crippen molar-refractivity contribution in [3.63, 3.8) is 0 Å². The highest BCUT2D eigenvalue weighted by molar-refractivity contribution is 8.16. The van der Waals surface area contributed by atoms with Gasteiger partial charge in [0.05, 0.1) is 17.9 Å². The van der Waals surface area contributed by atoms with Crippen LogP contribution in [-0.2, 0) is 4.79 Å². The molecular formula is C23H19ClFN3O3S. The van der Waals surface area contributed by atoms with Crippen LogP contribution in [0.15, 0.2) is 46.8 Å². The molecule has 9 heteroatoms. The standard InChI is InChI=1S/C23H19ClFN3O3S/c24-15-10-17(19-13-32-23-26-7-9-28(19)23)22-18(11-15)27(21(30)12-31-22)8-1-2-20(29)14-3-5-16(25)6-4-14/h3-6,10-11,13H,1-2,7-9,12H2. The SMILES string of the molecule is O=C(CCCN1C(=O)COc2c(C3=CSC4=NCCN34)cc(Cl)cc21)c1ccc(F)cc1. The maximum Gasteiger partial charge on any atom is 0.265 e. The van der Waals surface area contributed by atoms with Crippen LogP contribution in [0.1, 0.15) is 28.8 Å². The number of rotatable bonds is 6. The number of Topliss-reactive ketones (excluding diaryl/α,β-unsaturated/α-hetero) is 1. The number of anilines is 1. The van der Waals surface area contributed by atoms with Crippen LogP contribution in [0.3, 0.4) is 0 Å². The van der Waals surface area contributed by atoms with Crippen LogP contribution in [0.5, 0.6) is 5.75 Å². The molecule has 0 spiro atoms. The highest BCUT2D eigenvalue weighted by atomic mass is 35.5. The Morgan fingerprint density at radius 2 is 2.06 bits per heavy atom. The second-order valence-electron chi connectivity index (χ2n) is 7.61. The van der Waals surface area contributed by atoms with Gasteiger partial charge in [-0.2, -0.15) is 0 Å². The van der Waals surface area contributed by atoms with Crippen LogP contribution >= 0.6 is 23.4 Å². The molecule has 3 aliphatic rings. The van der Waals surface area contributed by atoms with Crippen LogP contribution in [0.25, 0.3) is 5.70 Å². The van der Waals surface area contributed by atoms with Crippen molar-refractivity contribution >= 4 is 51.6 Å². The lowest BCUT2D eigenvalue weighted by Gasteiger charge is -2.32. The van der Waals surface area contributed by atoms with E-state index in [0.29, 0.717) is 35.0 Å². The van der Waals surface area contributed by atoms with Gasteiger partial charge in [-0.15, -0.1) is 0 Å². The largest absolute Gasteiger partial charge is 0.481 e. The summed E-state index contributed by atoms with van der Waals surface area (Å²) >= 11 is 8.00. The van der Waals surface area contributed by atoms with E-state index in [1.165, 1.54) is 24.3 Å². The van der Waals surface area contributed by atoms with Gasteiger partial charge < -0.3 is 14.5 Å². The molecule has 3 heterocycles. The Morgan fingerprint density at radius 3 is 2.88 bits per heavy atom. The van der Waals surface area contributed by atoms with Crippen LogP contribution < -0.4 is 9.64 Å². The first kappa shape index (κ1) is 21.0. The third-order valence-corrected chi connectivity index (χ3v) is 6.68. The second-order valence-corrected chi connectivity index (χ2v) is 8.88. The van der Waals surface area contributed by atoms with E-state index < -0.39 is 0 Å². The zero-order valence-corrected chi connectivity index (χ0v) is 18.6. The molecule has 5 rings (SSSR count). The van der Waals surface area contributed by atoms with E-state index in [2.05, 4.69) is 9.89 Å². The molecule has 2 aromatic rings. The first-order valence-corrected chi connectivity index (χ1v) is 11.5. The Morgan fingerprint density at radius 1 is 1.25 bits per heavy atom. The molecule has 3 aliphatic heterocycles. The lowest BCUT2D eigenvalue weighted by Crippen LogP contribution is -2.40. The number of carbonyl (C=O) groups is 2. The monoisotopic (exact) mass is 471 g/mol. The minimum absolute atomic E-state index is 0.0745. The molecule has 0 fully saturated rings. The number of ether oxygens (including phenoxy) is 1. The highest BCUT2D eigenvalue weighted by Crippen LogP contribution is 2.45. The number of carbonyl (C=O) groups excluding carboxylic acids is 2. The van der Waals surface area contributed by atoms with Gasteiger partial charge in [0.15, 0.2) is 23.3 Å². The number of halogens is 2. The summed E-state index contributed by atoms with van der Waals surface area (Å²) in [5.74, 6) is -0.0448. The molecule has 6 nitrogen and oxygen atoms in total. The van der Waals surface area contributed by atoms with E-state index in [0.717, 1.165) is 29.5 Å². The second kappa shape index (κ2) is 8.60. The molecule has 0 saturated heterocycles. The average molecular weight is 472 g/mol. The molecular weight excluding hydrogens is 453 g/mol. The number of amidine groups is 1. The van der Waals surface area contributed by atoms with Crippen molar-refractivity contribution in [3.8, 4) is 5.75 Å². The van der Waals surface area contributed by atoms with E-state index in [1.54, 1.807) is 22.7 Å². The molecule has 0 atom stereocenters. The van der Waals surface area contributed by atoms with Gasteiger partial charge in [0.25, 0.3) is 5.91 Å². The smallest absolute Gasteiger partial charge is 0.265 e. The summed E-state index contributed by atoms with van der Waals surface area (Å²) < 4.78 is 18.9. The number of aliphatic imine (C=N–C) groups is 1. The molecule has 0 N–H and O–H groups in total. The average Bonchev–Trinajstić information content (AvgIpc) is 3.39. The number of hydrogen-bond donors (Lipinski definition) is 0. The quantitative estimate of drug-likeness (QED) is 0.577. The van der Waals surface area contributed by atoms with E-state index in [9.17, 15) is 14.0 Å². The van der Waals surface area contributed by atoms with Gasteiger partial charge in [0, 0.05) is 41.1 Å². The van der Waals surface area contributed by atoms with E-state index in [4.69, 9.17) is 16.3 Å². The lowest BCUT2D eigenvalue weighted by atomic mass is 10.0. The minimum Gasteiger partial charge on any atom is -0.481 e. The van der Waals surface area contributed by atoms with Crippen molar-refractivity contribution < 1.29 is 18.7 Å². The normalized spacial score (nSPS) is 17.0. The number of benzene rings is 2. The number of thioether (sulfide) groups is 1. The van der Waals surface area contributed by atoms with Gasteiger partial charge in [-0.1, -0.05) is 23.4 Å². The summed E-state index contributed by atoms with van der Waals surface area (Å²) in [5, 5.41) is 3.48. The van der Waals surface area contributed by atoms with Gasteiger partial charge in [0.2, 0.25) is 0 Å². The molecule has 0 aliphatic carbocycles. The first-order chi connectivity index (χ1) is 15.5. The highest BCUT2D eigenvalue weighted by Gasteiger charge is 2.34. The predicted molar refractivity (Wildman–Crippen MR) is 124 cm³/mol. The zero-order chi connectivity index (χ0) is 22.2. The maximum absolute atomic E-state index is 13.1. The van der Waals surface area contributed by atoms with Crippen molar-refractivity contribution in [2.45, 2.75) is 12.8 Å². The summed E-state index contributed by atoms with van der Waals surface area (Å²) in [6.07, 6.45) is 0.707. The van der Waals surface area contributed by atoms with Gasteiger partial charge in [0.1, 0.15) is 5.82 Å². The molecule has 2 aromatic carbocycles. The molecule has 0 bridgehead atoms. The van der Waals surface area contributed by atoms with Crippen LogP contribution in [-0.4, -0.2) is 48.0 Å². The van der Waals surface area contributed by atoms with E-state index >= 15 is 0 Å². The van der Waals surface area contributed by atoms with Crippen molar-refractivity contribution in [2.24, 2.45) is 4.99 Å². The fraction of sp³-hybridized carbons (Fsp3) is 0.261. The number of nitrogens with zero attached hydrogens (tertiary/aromatic N) is 3. The fourth-order valence-electron chi connectivity index (χ4n) is 4.02. The summed E-state index contributed by atoms with van der Waals surface area (Å²) in [4.78, 5) is 33.3. The summed E-state index contributed by atoms with van der Waals surface area (Å²) in [5.41, 5.74) is 2.85. The topological polar surface area (TPSA) is 62.2 Å². The Labute approximate surface area is 193 Å². The van der Waals surface area contributed by atoms with Gasteiger partial charge in [-0.25, -0.2) is 4.39 Å². The van der Waals surface area contributed by atoms with Gasteiger partial charge in [-0.3, -0.25) is 14.6 Å². The third-order valence-electron chi connectivity index (χ3n) is 5.56. The summed E-state index contributed by atoms with van der Waals surface area (Å²) in [7, 11) is 0. The zero-order valence-electron chi connectivity index (χ0n) is 17.0. The van der Waals surface area contributed by atoms with Crippen molar-refractivity contribution in [1.29, 1.82) is 0 Å². The lowest BCUT2D eigenvalue weighted by molar-refractivity contribution is -0.121. The number of amides is 1. The van der Waals surface area contributed by atoms with E-state index in [-0.39, 0.29) is 30.5 Å². The third kappa shape index (κ3) is 3.89. The van der Waals surface area contributed by atoms with Crippen molar-refractivity contribution in [2.75, 3.05) is 31.1 Å². The van der Waals surface area contributed by atoms with Crippen LogP contribution in [0, 0.1) is 5.82 Å². The number of ketones is 1. The Kier molecular flexibility index (Phi) is 5.65. The number of fused-ring (bicyclic) bond motifs is 2. The van der Waals surface area contributed by atoms with Crippen molar-refractivity contribution in [1.82, 2.24) is 4.90 Å². The molecule has 0 unspecified atom stereocenters. The minimum atomic E-state index is -0.382. The first-order valence-electron chi connectivity index (χ1n) is 10.3. The molecule has 0 aromatic heterocycles. The van der Waals surface area contributed by atoms with E-state index in [1.807, 2.05) is 11.5 Å².